The van der Waals surface area contributed by atoms with Crippen LogP contribution in [0.1, 0.15) is 74.8 Å². The van der Waals surface area contributed by atoms with Crippen LogP contribution in [0, 0.1) is 5.92 Å². The molecule has 1 saturated heterocycles. The maximum Gasteiger partial charge on any atom is 0.416 e. The molecule has 4 nitrogen and oxygen atoms in total. The van der Waals surface area contributed by atoms with E-state index in [1.807, 2.05) is 6.07 Å². The summed E-state index contributed by atoms with van der Waals surface area (Å²) in [5, 5.41) is 3.16. The Hall–Kier alpha value is -1.60. The van der Waals surface area contributed by atoms with E-state index in [0.29, 0.717) is 25.0 Å². The van der Waals surface area contributed by atoms with Crippen LogP contribution in [0.25, 0.3) is 0 Å². The van der Waals surface area contributed by atoms with Gasteiger partial charge >= 0.3 is 6.18 Å². The predicted octanol–water partition coefficient (Wildman–Crippen LogP) is 5.38. The van der Waals surface area contributed by atoms with Crippen LogP contribution < -0.4 is 5.32 Å². The second kappa shape index (κ2) is 12.0. The highest BCUT2D eigenvalue weighted by molar-refractivity contribution is 5.76. The molecule has 1 N–H and O–H groups in total. The zero-order valence-corrected chi connectivity index (χ0v) is 19.1. The van der Waals surface area contributed by atoms with Crippen LogP contribution in [0.4, 0.5) is 13.2 Å². The molecule has 0 aromatic heterocycles. The fourth-order valence-electron chi connectivity index (χ4n) is 5.10. The fraction of sp³-hybridized carbons (Fsp3) is 0.720. The highest BCUT2D eigenvalue weighted by Gasteiger charge is 2.31. The topological polar surface area (TPSA) is 41.6 Å². The lowest BCUT2D eigenvalue weighted by molar-refractivity contribution is -0.137. The molecule has 1 saturated carbocycles. The maximum absolute atomic E-state index is 13.0. The Morgan fingerprint density at radius 3 is 2.50 bits per heavy atom. The van der Waals surface area contributed by atoms with Crippen molar-refractivity contribution in [2.75, 3.05) is 33.4 Å². The van der Waals surface area contributed by atoms with E-state index >= 15 is 0 Å². The van der Waals surface area contributed by atoms with Crippen molar-refractivity contribution in [1.82, 2.24) is 10.2 Å². The standard InChI is InChI=1S/C25H37F3N2O2/c1-32-17-3-6-24(31)29-23-9-7-19(8-10-23)11-14-30-15-12-20(13-16-30)21-4-2-5-22(18-21)25(26,27)28/h2,4-5,18-20,23H,3,6-17H2,1H3,(H,29,31)/t19-,23-. The number of nitrogens with one attached hydrogen (secondary N) is 1. The van der Waals surface area contributed by atoms with Crippen molar-refractivity contribution >= 4 is 5.91 Å². The number of hydrogen-bond donors (Lipinski definition) is 1. The van der Waals surface area contributed by atoms with Gasteiger partial charge in [0.25, 0.3) is 0 Å². The van der Waals surface area contributed by atoms with Gasteiger partial charge in [0.1, 0.15) is 0 Å². The Balaban J connectivity index is 1.33. The summed E-state index contributed by atoms with van der Waals surface area (Å²) in [5.41, 5.74) is 0.279. The number of hydrogen-bond acceptors (Lipinski definition) is 3. The summed E-state index contributed by atoms with van der Waals surface area (Å²) in [6, 6.07) is 6.16. The van der Waals surface area contributed by atoms with Gasteiger partial charge in [-0.25, -0.2) is 0 Å². The van der Waals surface area contributed by atoms with E-state index in [1.54, 1.807) is 7.11 Å². The Kier molecular flexibility index (Phi) is 9.41. The second-order valence-corrected chi connectivity index (χ2v) is 9.41. The molecule has 1 aromatic rings. The van der Waals surface area contributed by atoms with Gasteiger partial charge in [0, 0.05) is 26.2 Å². The lowest BCUT2D eigenvalue weighted by Gasteiger charge is -2.34. The van der Waals surface area contributed by atoms with Crippen molar-refractivity contribution in [3.63, 3.8) is 0 Å². The normalized spacial score (nSPS) is 23.2. The van der Waals surface area contributed by atoms with E-state index in [0.717, 1.165) is 76.2 Å². The fourth-order valence-corrected chi connectivity index (χ4v) is 5.10. The maximum atomic E-state index is 13.0. The number of rotatable bonds is 9. The Morgan fingerprint density at radius 1 is 1.12 bits per heavy atom. The van der Waals surface area contributed by atoms with E-state index in [-0.39, 0.29) is 11.8 Å². The molecular weight excluding hydrogens is 417 g/mol. The van der Waals surface area contributed by atoms with E-state index in [9.17, 15) is 18.0 Å². The Labute approximate surface area is 189 Å². The number of carbonyl (C=O) groups is 1. The average molecular weight is 455 g/mol. The van der Waals surface area contributed by atoms with Gasteiger partial charge in [0.05, 0.1) is 5.56 Å². The molecule has 7 heteroatoms. The first-order valence-electron chi connectivity index (χ1n) is 12.0. The molecule has 1 amide bonds. The monoisotopic (exact) mass is 454 g/mol. The van der Waals surface area contributed by atoms with Crippen molar-refractivity contribution < 1.29 is 22.7 Å². The number of nitrogens with zero attached hydrogens (tertiary/aromatic N) is 1. The van der Waals surface area contributed by atoms with Gasteiger partial charge in [-0.15, -0.1) is 0 Å². The zero-order chi connectivity index (χ0) is 23.0. The van der Waals surface area contributed by atoms with Crippen molar-refractivity contribution in [3.05, 3.63) is 35.4 Å². The molecule has 0 bridgehead atoms. The lowest BCUT2D eigenvalue weighted by Crippen LogP contribution is -2.38. The molecule has 32 heavy (non-hydrogen) atoms. The van der Waals surface area contributed by atoms with Crippen molar-refractivity contribution in [1.29, 1.82) is 0 Å². The van der Waals surface area contributed by atoms with Crippen LogP contribution in [0.5, 0.6) is 0 Å². The van der Waals surface area contributed by atoms with Crippen LogP contribution in [0.15, 0.2) is 24.3 Å². The highest BCUT2D eigenvalue weighted by atomic mass is 19.4. The summed E-state index contributed by atoms with van der Waals surface area (Å²) in [4.78, 5) is 14.4. The minimum atomic E-state index is -4.28. The van der Waals surface area contributed by atoms with Gasteiger partial charge in [-0.2, -0.15) is 13.2 Å². The molecule has 1 aromatic carbocycles. The van der Waals surface area contributed by atoms with Crippen molar-refractivity contribution in [2.45, 2.75) is 75.9 Å². The van der Waals surface area contributed by atoms with Crippen molar-refractivity contribution in [2.24, 2.45) is 5.92 Å². The summed E-state index contributed by atoms with van der Waals surface area (Å²) < 4.78 is 44.0. The third kappa shape index (κ3) is 7.77. The number of likely N-dealkylation sites (tertiary alicyclic amines) is 1. The number of halogens is 3. The number of alkyl halides is 3. The first-order valence-corrected chi connectivity index (χ1v) is 12.0. The van der Waals surface area contributed by atoms with Gasteiger partial charge in [0.2, 0.25) is 5.91 Å². The van der Waals surface area contributed by atoms with Crippen LogP contribution in [-0.2, 0) is 15.7 Å². The summed E-state index contributed by atoms with van der Waals surface area (Å²) >= 11 is 0. The largest absolute Gasteiger partial charge is 0.416 e. The number of benzene rings is 1. The summed E-state index contributed by atoms with van der Waals surface area (Å²) in [7, 11) is 1.65. The summed E-state index contributed by atoms with van der Waals surface area (Å²) in [6.07, 6.45) is 4.45. The average Bonchev–Trinajstić information content (AvgIpc) is 2.79. The number of methoxy groups -OCH3 is 1. The van der Waals surface area contributed by atoms with E-state index in [4.69, 9.17) is 4.74 Å². The quantitative estimate of drug-likeness (QED) is 0.510. The van der Waals surface area contributed by atoms with E-state index < -0.39 is 11.7 Å². The zero-order valence-electron chi connectivity index (χ0n) is 19.1. The molecule has 0 unspecified atom stereocenters. The number of piperidine rings is 1. The predicted molar refractivity (Wildman–Crippen MR) is 119 cm³/mol. The molecule has 0 atom stereocenters. The second-order valence-electron chi connectivity index (χ2n) is 9.41. The van der Waals surface area contributed by atoms with Gasteiger partial charge in [-0.05, 0) is 94.5 Å². The minimum Gasteiger partial charge on any atom is -0.385 e. The number of ether oxygens (including phenoxy) is 1. The van der Waals surface area contributed by atoms with Gasteiger partial charge in [-0.3, -0.25) is 4.79 Å². The molecule has 0 radical (unpaired) electrons. The first-order chi connectivity index (χ1) is 15.3. The van der Waals surface area contributed by atoms with Gasteiger partial charge in [0.15, 0.2) is 0 Å². The van der Waals surface area contributed by atoms with E-state index in [2.05, 4.69) is 10.2 Å². The van der Waals surface area contributed by atoms with Crippen LogP contribution in [0.3, 0.4) is 0 Å². The number of carbonyl (C=O) groups excluding carboxylic acids is 1. The Morgan fingerprint density at radius 2 is 1.84 bits per heavy atom. The molecule has 1 aliphatic heterocycles. The SMILES string of the molecule is COCCCC(=O)N[C@H]1CC[C@H](CCN2CCC(c3cccc(C(F)(F)F)c3)CC2)CC1. The summed E-state index contributed by atoms with van der Waals surface area (Å²) in [6.45, 7) is 3.59. The third-order valence-corrected chi connectivity index (χ3v) is 7.09. The van der Waals surface area contributed by atoms with Crippen molar-refractivity contribution in [3.8, 4) is 0 Å². The summed E-state index contributed by atoms with van der Waals surface area (Å²) in [5.74, 6) is 1.06. The molecule has 3 rings (SSSR count). The number of amides is 1. The lowest BCUT2D eigenvalue weighted by atomic mass is 9.83. The minimum absolute atomic E-state index is 0.133. The van der Waals surface area contributed by atoms with Crippen LogP contribution >= 0.6 is 0 Å². The van der Waals surface area contributed by atoms with Gasteiger partial charge in [-0.1, -0.05) is 18.2 Å². The van der Waals surface area contributed by atoms with Crippen LogP contribution in [0.2, 0.25) is 0 Å². The smallest absolute Gasteiger partial charge is 0.385 e. The molecular formula is C25H37F3N2O2. The van der Waals surface area contributed by atoms with Crippen LogP contribution in [-0.4, -0.2) is 50.2 Å². The Bertz CT molecular complexity index is 709. The van der Waals surface area contributed by atoms with Gasteiger partial charge < -0.3 is 15.0 Å². The molecule has 1 heterocycles. The first kappa shape index (κ1) is 25.0. The molecule has 180 valence electrons. The third-order valence-electron chi connectivity index (χ3n) is 7.09. The van der Waals surface area contributed by atoms with E-state index in [1.165, 1.54) is 18.6 Å². The molecule has 2 aliphatic rings. The molecule has 0 spiro atoms. The highest BCUT2D eigenvalue weighted by Crippen LogP contribution is 2.34. The molecule has 1 aliphatic carbocycles. The molecule has 2 fully saturated rings.